The van der Waals surface area contributed by atoms with Crippen LogP contribution in [0, 0.1) is 36.0 Å². The van der Waals surface area contributed by atoms with Gasteiger partial charge in [-0.25, -0.2) is 9.80 Å². The predicted octanol–water partition coefficient (Wildman–Crippen LogP) is 6.52. The molecule has 228 valence electrons. The molecule has 7 rings (SSSR count). The first kappa shape index (κ1) is 29.2. The van der Waals surface area contributed by atoms with Gasteiger partial charge in [0, 0.05) is 16.5 Å². The van der Waals surface area contributed by atoms with Crippen LogP contribution in [0.15, 0.2) is 91.0 Å². The zero-order chi connectivity index (χ0) is 31.8. The largest absolute Gasteiger partial charge is 0.507 e. The number of carbonyl (C=O) groups is 4. The number of para-hydroxylation sites is 2. The Morgan fingerprint density at radius 3 is 2.40 bits per heavy atom. The number of phenols is 1. The summed E-state index contributed by atoms with van der Waals surface area (Å²) in [6.07, 6.45) is 4.66. The van der Waals surface area contributed by atoms with Gasteiger partial charge in [-0.1, -0.05) is 71.8 Å². The molecule has 3 fully saturated rings. The Kier molecular flexibility index (Phi) is 6.86. The average Bonchev–Trinajstić information content (AvgIpc) is 3.40. The van der Waals surface area contributed by atoms with E-state index in [2.05, 4.69) is 6.58 Å². The molecule has 3 aromatic carbocycles. The van der Waals surface area contributed by atoms with E-state index in [0.29, 0.717) is 40.4 Å². The predicted molar refractivity (Wildman–Crippen MR) is 172 cm³/mol. The lowest BCUT2D eigenvalue weighted by molar-refractivity contribution is -0.131. The second-order valence-corrected chi connectivity index (χ2v) is 13.2. The lowest BCUT2D eigenvalue weighted by Crippen LogP contribution is -2.49. The summed E-state index contributed by atoms with van der Waals surface area (Å²) in [4.78, 5) is 59.4. The highest BCUT2D eigenvalue weighted by molar-refractivity contribution is 6.32. The van der Waals surface area contributed by atoms with Crippen LogP contribution in [0.2, 0.25) is 5.02 Å². The number of halogens is 1. The lowest BCUT2D eigenvalue weighted by atomic mass is 9.51. The molecule has 7 nitrogen and oxygen atoms in total. The summed E-state index contributed by atoms with van der Waals surface area (Å²) >= 11 is 6.39. The quantitative estimate of drug-likeness (QED) is 0.259. The van der Waals surface area contributed by atoms with E-state index in [1.165, 1.54) is 9.80 Å². The third-order valence-electron chi connectivity index (χ3n) is 10.5. The first-order valence-corrected chi connectivity index (χ1v) is 15.7. The lowest BCUT2D eigenvalue weighted by Gasteiger charge is -2.49. The SMILES string of the molecule is C=CCc1cccc(C2C3=CCC4C(=O)N(c5ccc(C)c(Cl)c5)C(=O)C4C3CC3C(=O)N(c4ccccc4)C(=O)C32C)c1O. The molecule has 8 heteroatoms. The normalized spacial score (nSPS) is 29.0. The molecule has 0 radical (unpaired) electrons. The number of hydrogen-bond donors (Lipinski definition) is 1. The molecule has 6 atom stereocenters. The van der Waals surface area contributed by atoms with E-state index in [9.17, 15) is 24.3 Å². The molecule has 45 heavy (non-hydrogen) atoms. The number of benzene rings is 3. The van der Waals surface area contributed by atoms with Gasteiger partial charge in [0.25, 0.3) is 0 Å². The van der Waals surface area contributed by atoms with E-state index < -0.39 is 35.0 Å². The fourth-order valence-corrected chi connectivity index (χ4v) is 8.50. The molecule has 4 amide bonds. The number of hydrogen-bond acceptors (Lipinski definition) is 5. The van der Waals surface area contributed by atoms with Gasteiger partial charge in [-0.15, -0.1) is 6.58 Å². The summed E-state index contributed by atoms with van der Waals surface area (Å²) in [5.41, 5.74) is 2.52. The van der Waals surface area contributed by atoms with Gasteiger partial charge < -0.3 is 5.11 Å². The first-order valence-electron chi connectivity index (χ1n) is 15.3. The smallest absolute Gasteiger partial charge is 0.241 e. The van der Waals surface area contributed by atoms with Crippen LogP contribution >= 0.6 is 11.6 Å². The third kappa shape index (κ3) is 4.10. The van der Waals surface area contributed by atoms with Crippen LogP contribution in [0.5, 0.6) is 5.75 Å². The average molecular weight is 621 g/mol. The van der Waals surface area contributed by atoms with Crippen LogP contribution in [-0.4, -0.2) is 28.7 Å². The Balaban J connectivity index is 1.38. The number of rotatable bonds is 5. The summed E-state index contributed by atoms with van der Waals surface area (Å²) in [6, 6.07) is 19.5. The van der Waals surface area contributed by atoms with E-state index in [0.717, 1.165) is 11.1 Å². The maximum Gasteiger partial charge on any atom is 0.241 e. The van der Waals surface area contributed by atoms with Crippen molar-refractivity contribution in [2.75, 3.05) is 9.80 Å². The Morgan fingerprint density at radius 2 is 1.69 bits per heavy atom. The van der Waals surface area contributed by atoms with Crippen molar-refractivity contribution in [2.45, 2.75) is 39.0 Å². The number of aromatic hydroxyl groups is 1. The minimum Gasteiger partial charge on any atom is -0.507 e. The van der Waals surface area contributed by atoms with Crippen LogP contribution in [0.3, 0.4) is 0 Å². The van der Waals surface area contributed by atoms with E-state index in [-0.39, 0.29) is 35.8 Å². The molecule has 1 saturated carbocycles. The van der Waals surface area contributed by atoms with Crippen molar-refractivity contribution >= 4 is 46.6 Å². The molecule has 0 aromatic heterocycles. The summed E-state index contributed by atoms with van der Waals surface area (Å²) in [7, 11) is 0. The zero-order valence-corrected chi connectivity index (χ0v) is 25.8. The number of phenolic OH excluding ortho intramolecular Hbond substituents is 1. The summed E-state index contributed by atoms with van der Waals surface area (Å²) in [5.74, 6) is -4.50. The molecular weight excluding hydrogens is 588 g/mol. The zero-order valence-electron chi connectivity index (χ0n) is 25.1. The Morgan fingerprint density at radius 1 is 0.933 bits per heavy atom. The highest BCUT2D eigenvalue weighted by Gasteiger charge is 2.68. The van der Waals surface area contributed by atoms with E-state index >= 15 is 0 Å². The highest BCUT2D eigenvalue weighted by Crippen LogP contribution is 2.64. The monoisotopic (exact) mass is 620 g/mol. The molecule has 2 saturated heterocycles. The second-order valence-electron chi connectivity index (χ2n) is 12.8. The Bertz CT molecular complexity index is 1830. The molecule has 0 bridgehead atoms. The van der Waals surface area contributed by atoms with Crippen LogP contribution in [0.25, 0.3) is 0 Å². The van der Waals surface area contributed by atoms with Crippen molar-refractivity contribution in [2.24, 2.45) is 29.1 Å². The maximum absolute atomic E-state index is 14.5. The minimum absolute atomic E-state index is 0.0502. The van der Waals surface area contributed by atoms with Crippen molar-refractivity contribution in [1.82, 2.24) is 0 Å². The molecular formula is C37H33ClN2O5. The molecule has 2 heterocycles. The van der Waals surface area contributed by atoms with Crippen molar-refractivity contribution < 1.29 is 24.3 Å². The van der Waals surface area contributed by atoms with Crippen LogP contribution < -0.4 is 9.80 Å². The van der Waals surface area contributed by atoms with Gasteiger partial charge in [0.2, 0.25) is 23.6 Å². The van der Waals surface area contributed by atoms with Crippen LogP contribution in [0.4, 0.5) is 11.4 Å². The van der Waals surface area contributed by atoms with Crippen LogP contribution in [0.1, 0.15) is 42.4 Å². The number of anilines is 2. The van der Waals surface area contributed by atoms with Crippen molar-refractivity contribution in [1.29, 1.82) is 0 Å². The standard InChI is InChI=1S/C37H33ClN2O5/c1-4-9-21-10-8-13-26(32(21)41)31-24-16-17-25-30(35(44)39(33(25)42)23-15-14-20(2)29(38)18-23)27(24)19-28-34(43)40(36(45)37(28,31)3)22-11-6-5-7-12-22/h4-8,10-16,18,25,27-28,30-31,41H,1,9,17,19H2,2-3H3. The van der Waals surface area contributed by atoms with E-state index in [1.807, 2.05) is 38.1 Å². The molecule has 0 spiro atoms. The van der Waals surface area contributed by atoms with Crippen LogP contribution in [-0.2, 0) is 25.6 Å². The number of carbonyl (C=O) groups excluding carboxylic acids is 4. The van der Waals surface area contributed by atoms with Gasteiger partial charge in [-0.05, 0) is 74.4 Å². The second kappa shape index (κ2) is 10.6. The minimum atomic E-state index is -1.23. The maximum atomic E-state index is 14.5. The van der Waals surface area contributed by atoms with Gasteiger partial charge in [0.15, 0.2) is 0 Å². The van der Waals surface area contributed by atoms with Gasteiger partial charge in [0.05, 0.1) is 34.5 Å². The number of allylic oxidation sites excluding steroid dienone is 3. The molecule has 4 aliphatic rings. The number of imide groups is 2. The number of amides is 4. The molecule has 6 unspecified atom stereocenters. The summed E-state index contributed by atoms with van der Waals surface area (Å²) < 4.78 is 0. The fourth-order valence-electron chi connectivity index (χ4n) is 8.32. The van der Waals surface area contributed by atoms with Crippen molar-refractivity contribution in [3.05, 3.63) is 113 Å². The Hall–Kier alpha value is -4.49. The van der Waals surface area contributed by atoms with Crippen molar-refractivity contribution in [3.63, 3.8) is 0 Å². The Labute approximate surface area is 266 Å². The van der Waals surface area contributed by atoms with Gasteiger partial charge in [-0.3, -0.25) is 19.2 Å². The first-order chi connectivity index (χ1) is 21.6. The molecule has 1 N–H and O–H groups in total. The molecule has 2 aliphatic heterocycles. The van der Waals surface area contributed by atoms with Gasteiger partial charge >= 0.3 is 0 Å². The molecule has 3 aromatic rings. The van der Waals surface area contributed by atoms with Gasteiger partial charge in [0.1, 0.15) is 5.75 Å². The van der Waals surface area contributed by atoms with E-state index in [1.54, 1.807) is 54.6 Å². The number of fused-ring (bicyclic) bond motifs is 4. The van der Waals surface area contributed by atoms with Gasteiger partial charge in [-0.2, -0.15) is 0 Å². The number of aryl methyl sites for hydroxylation is 1. The highest BCUT2D eigenvalue weighted by atomic mass is 35.5. The summed E-state index contributed by atoms with van der Waals surface area (Å²) in [6.45, 7) is 7.49. The number of nitrogens with zero attached hydrogens (tertiary/aromatic N) is 2. The molecule has 2 aliphatic carbocycles. The third-order valence-corrected chi connectivity index (χ3v) is 10.9. The topological polar surface area (TPSA) is 95.0 Å². The summed E-state index contributed by atoms with van der Waals surface area (Å²) in [5, 5.41) is 12.1. The van der Waals surface area contributed by atoms with Crippen molar-refractivity contribution in [3.8, 4) is 5.75 Å². The van der Waals surface area contributed by atoms with E-state index in [4.69, 9.17) is 11.6 Å². The fraction of sp³-hybridized carbons (Fsp3) is 0.297.